The molecule has 2 atom stereocenters. The van der Waals surface area contributed by atoms with Gasteiger partial charge in [0.1, 0.15) is 6.04 Å². The Morgan fingerprint density at radius 1 is 1.56 bits per heavy atom. The summed E-state index contributed by atoms with van der Waals surface area (Å²) in [5, 5.41) is 5.83. The molecule has 7 heteroatoms. The van der Waals surface area contributed by atoms with Gasteiger partial charge in [0.05, 0.1) is 0 Å². The van der Waals surface area contributed by atoms with Crippen LogP contribution < -0.4 is 10.6 Å². The first-order valence-corrected chi connectivity index (χ1v) is 6.11. The van der Waals surface area contributed by atoms with Crippen LogP contribution >= 0.6 is 24.2 Å². The smallest absolute Gasteiger partial charge is 0.279 e. The van der Waals surface area contributed by atoms with E-state index in [2.05, 4.69) is 10.6 Å². The van der Waals surface area contributed by atoms with Gasteiger partial charge < -0.3 is 15.5 Å². The predicted octanol–water partition coefficient (Wildman–Crippen LogP) is 0.0535. The lowest BCUT2D eigenvalue weighted by atomic mass is 10.2. The minimum Gasteiger partial charge on any atom is -0.336 e. The van der Waals surface area contributed by atoms with Crippen molar-refractivity contribution in [2.75, 3.05) is 25.4 Å². The Morgan fingerprint density at radius 2 is 2.31 bits per heavy atom. The van der Waals surface area contributed by atoms with Crippen LogP contribution in [0.1, 0.15) is 6.92 Å². The molecule has 5 nitrogen and oxygen atoms in total. The van der Waals surface area contributed by atoms with Gasteiger partial charge in [-0.15, -0.1) is 12.4 Å². The average Bonchev–Trinajstić information content (AvgIpc) is 2.65. The summed E-state index contributed by atoms with van der Waals surface area (Å²) in [5.74, 6) is 0.622. The Labute approximate surface area is 105 Å². The third-order valence-electron chi connectivity index (χ3n) is 2.76. The van der Waals surface area contributed by atoms with Crippen molar-refractivity contribution in [1.82, 2.24) is 15.5 Å². The van der Waals surface area contributed by atoms with Gasteiger partial charge in [-0.3, -0.25) is 9.59 Å². The third kappa shape index (κ3) is 2.81. The maximum atomic E-state index is 12.0. The van der Waals surface area contributed by atoms with Gasteiger partial charge in [-0.05, 0) is 6.92 Å². The van der Waals surface area contributed by atoms with Crippen LogP contribution in [0.3, 0.4) is 0 Å². The van der Waals surface area contributed by atoms with Crippen molar-refractivity contribution >= 4 is 35.3 Å². The molecule has 2 aliphatic rings. The minimum absolute atomic E-state index is 0. The molecule has 2 rings (SSSR count). The standard InChI is InChI=1S/C9H15N3O2S.ClH/c1-6-4-10-2-3-12(6)8(13)7-5-15-9(14)11-7;/h6-7,10H,2-5H2,1H3,(H,11,14);1H/t6-,7-;/m0./s1. The Kier molecular flexibility index (Phi) is 4.89. The number of rotatable bonds is 1. The van der Waals surface area contributed by atoms with Gasteiger partial charge >= 0.3 is 0 Å². The zero-order valence-electron chi connectivity index (χ0n) is 9.06. The molecule has 2 aliphatic heterocycles. The summed E-state index contributed by atoms with van der Waals surface area (Å²) >= 11 is 1.19. The Bertz CT molecular complexity index is 290. The number of carbonyl (C=O) groups is 2. The summed E-state index contributed by atoms with van der Waals surface area (Å²) in [6.07, 6.45) is 0. The van der Waals surface area contributed by atoms with Crippen LogP contribution in [0.5, 0.6) is 0 Å². The van der Waals surface area contributed by atoms with Gasteiger partial charge in [0.25, 0.3) is 5.24 Å². The third-order valence-corrected chi connectivity index (χ3v) is 3.64. The van der Waals surface area contributed by atoms with Crippen LogP contribution in [0, 0.1) is 0 Å². The first kappa shape index (κ1) is 13.6. The van der Waals surface area contributed by atoms with Gasteiger partial charge in [-0.25, -0.2) is 0 Å². The molecule has 0 radical (unpaired) electrons. The lowest BCUT2D eigenvalue weighted by Crippen LogP contribution is -2.56. The minimum atomic E-state index is -0.317. The molecule has 0 saturated carbocycles. The van der Waals surface area contributed by atoms with E-state index in [0.29, 0.717) is 5.75 Å². The second-order valence-electron chi connectivity index (χ2n) is 3.88. The molecule has 2 fully saturated rings. The maximum absolute atomic E-state index is 12.0. The molecule has 0 spiro atoms. The highest BCUT2D eigenvalue weighted by molar-refractivity contribution is 8.14. The number of thioether (sulfide) groups is 1. The quantitative estimate of drug-likeness (QED) is 0.704. The summed E-state index contributed by atoms with van der Waals surface area (Å²) < 4.78 is 0. The maximum Gasteiger partial charge on any atom is 0.279 e. The van der Waals surface area contributed by atoms with E-state index in [4.69, 9.17) is 0 Å². The highest BCUT2D eigenvalue weighted by Gasteiger charge is 2.33. The largest absolute Gasteiger partial charge is 0.336 e. The monoisotopic (exact) mass is 265 g/mol. The van der Waals surface area contributed by atoms with Gasteiger partial charge in [-0.2, -0.15) is 0 Å². The molecular formula is C9H16ClN3O2S. The number of nitrogens with zero attached hydrogens (tertiary/aromatic N) is 1. The molecule has 2 saturated heterocycles. The number of piperazine rings is 1. The molecular weight excluding hydrogens is 250 g/mol. The zero-order valence-corrected chi connectivity index (χ0v) is 10.7. The Morgan fingerprint density at radius 3 is 2.88 bits per heavy atom. The number of hydrogen-bond donors (Lipinski definition) is 2. The summed E-state index contributed by atoms with van der Waals surface area (Å²) in [6, 6.07) is -0.100. The molecule has 0 aliphatic carbocycles. The first-order valence-electron chi connectivity index (χ1n) is 5.13. The predicted molar refractivity (Wildman–Crippen MR) is 66.1 cm³/mol. The van der Waals surface area contributed by atoms with Crippen LogP contribution in [0.15, 0.2) is 0 Å². The lowest BCUT2D eigenvalue weighted by Gasteiger charge is -2.35. The number of hydrogen-bond acceptors (Lipinski definition) is 4. The Hall–Kier alpha value is -0.460. The first-order chi connectivity index (χ1) is 7.18. The number of halogens is 1. The summed E-state index contributed by atoms with van der Waals surface area (Å²) in [4.78, 5) is 24.9. The SMILES string of the molecule is C[C@H]1CNCCN1C(=O)[C@@H]1CSC(=O)N1.Cl. The van der Waals surface area contributed by atoms with Gasteiger partial charge in [0.15, 0.2) is 0 Å². The van der Waals surface area contributed by atoms with E-state index in [1.807, 2.05) is 11.8 Å². The molecule has 16 heavy (non-hydrogen) atoms. The highest BCUT2D eigenvalue weighted by atomic mass is 35.5. The molecule has 92 valence electrons. The second kappa shape index (κ2) is 5.75. The van der Waals surface area contributed by atoms with Gasteiger partial charge in [0, 0.05) is 31.4 Å². The molecule has 0 bridgehead atoms. The molecule has 2 amide bonds. The molecule has 0 aromatic heterocycles. The van der Waals surface area contributed by atoms with Crippen LogP contribution in [0.25, 0.3) is 0 Å². The summed E-state index contributed by atoms with van der Waals surface area (Å²) in [6.45, 7) is 4.43. The van der Waals surface area contributed by atoms with E-state index in [-0.39, 0.29) is 35.6 Å². The molecule has 2 N–H and O–H groups in total. The number of carbonyl (C=O) groups excluding carboxylic acids is 2. The molecule has 0 aromatic carbocycles. The van der Waals surface area contributed by atoms with E-state index in [1.165, 1.54) is 11.8 Å². The van der Waals surface area contributed by atoms with Crippen LogP contribution in [0.4, 0.5) is 4.79 Å². The van der Waals surface area contributed by atoms with E-state index in [0.717, 1.165) is 19.6 Å². The fourth-order valence-corrected chi connectivity index (χ4v) is 2.66. The van der Waals surface area contributed by atoms with Crippen molar-refractivity contribution in [1.29, 1.82) is 0 Å². The van der Waals surface area contributed by atoms with Crippen LogP contribution in [-0.2, 0) is 4.79 Å². The lowest BCUT2D eigenvalue weighted by molar-refractivity contribution is -0.135. The van der Waals surface area contributed by atoms with E-state index >= 15 is 0 Å². The normalized spacial score (nSPS) is 29.6. The molecule has 0 unspecified atom stereocenters. The number of nitrogens with one attached hydrogen (secondary N) is 2. The van der Waals surface area contributed by atoms with E-state index < -0.39 is 0 Å². The number of amides is 2. The van der Waals surface area contributed by atoms with Crippen molar-refractivity contribution in [3.8, 4) is 0 Å². The van der Waals surface area contributed by atoms with Crippen molar-refractivity contribution < 1.29 is 9.59 Å². The summed E-state index contributed by atoms with van der Waals surface area (Å²) in [5.41, 5.74) is 0. The van der Waals surface area contributed by atoms with Crippen molar-refractivity contribution in [3.05, 3.63) is 0 Å². The van der Waals surface area contributed by atoms with Crippen LogP contribution in [0.2, 0.25) is 0 Å². The van der Waals surface area contributed by atoms with E-state index in [9.17, 15) is 9.59 Å². The zero-order chi connectivity index (χ0) is 10.8. The fourth-order valence-electron chi connectivity index (χ4n) is 1.89. The van der Waals surface area contributed by atoms with Crippen molar-refractivity contribution in [2.24, 2.45) is 0 Å². The molecule has 2 heterocycles. The van der Waals surface area contributed by atoms with Gasteiger partial charge in [0.2, 0.25) is 5.91 Å². The molecule has 0 aromatic rings. The Balaban J connectivity index is 0.00000128. The summed E-state index contributed by atoms with van der Waals surface area (Å²) in [7, 11) is 0. The second-order valence-corrected chi connectivity index (χ2v) is 4.87. The average molecular weight is 266 g/mol. The fraction of sp³-hybridized carbons (Fsp3) is 0.778. The van der Waals surface area contributed by atoms with Gasteiger partial charge in [-0.1, -0.05) is 11.8 Å². The van der Waals surface area contributed by atoms with Crippen molar-refractivity contribution in [3.63, 3.8) is 0 Å². The highest BCUT2D eigenvalue weighted by Crippen LogP contribution is 2.16. The topological polar surface area (TPSA) is 61.4 Å². The van der Waals surface area contributed by atoms with E-state index in [1.54, 1.807) is 0 Å². The van der Waals surface area contributed by atoms with Crippen molar-refractivity contribution in [2.45, 2.75) is 19.0 Å². The van der Waals surface area contributed by atoms with Crippen LogP contribution in [-0.4, -0.2) is 53.5 Å².